The Morgan fingerprint density at radius 3 is 2.94 bits per heavy atom. The molecular formula is C13H15BrClN. The van der Waals surface area contributed by atoms with Crippen molar-refractivity contribution in [3.63, 3.8) is 0 Å². The molecule has 0 saturated carbocycles. The predicted octanol–water partition coefficient (Wildman–Crippen LogP) is 4.17. The molecular weight excluding hydrogens is 286 g/mol. The number of nitrogens with one attached hydrogen (secondary N) is 1. The average Bonchev–Trinajstić information content (AvgIpc) is 2.24. The maximum absolute atomic E-state index is 6.16. The zero-order valence-electron chi connectivity index (χ0n) is 9.26. The lowest BCUT2D eigenvalue weighted by Crippen LogP contribution is -2.20. The number of rotatable bonds is 5. The third kappa shape index (κ3) is 4.17. The van der Waals surface area contributed by atoms with E-state index in [4.69, 9.17) is 18.0 Å². The van der Waals surface area contributed by atoms with Crippen molar-refractivity contribution in [2.45, 2.75) is 25.8 Å². The summed E-state index contributed by atoms with van der Waals surface area (Å²) in [6.45, 7) is 3.02. The minimum absolute atomic E-state index is 0.248. The fourth-order valence-corrected chi connectivity index (χ4v) is 2.31. The summed E-state index contributed by atoms with van der Waals surface area (Å²) >= 11 is 9.55. The number of halogens is 2. The second-order valence-corrected chi connectivity index (χ2v) is 4.97. The summed E-state index contributed by atoms with van der Waals surface area (Å²) < 4.78 is 1.00. The maximum Gasteiger partial charge on any atom is 0.0464 e. The van der Waals surface area contributed by atoms with E-state index in [0.29, 0.717) is 0 Å². The highest BCUT2D eigenvalue weighted by molar-refractivity contribution is 9.10. The van der Waals surface area contributed by atoms with E-state index >= 15 is 0 Å². The number of benzene rings is 1. The molecule has 16 heavy (non-hydrogen) atoms. The smallest absolute Gasteiger partial charge is 0.0464 e. The predicted molar refractivity (Wildman–Crippen MR) is 73.6 cm³/mol. The molecule has 1 atom stereocenters. The van der Waals surface area contributed by atoms with E-state index in [2.05, 4.69) is 34.1 Å². The van der Waals surface area contributed by atoms with Gasteiger partial charge in [-0.05, 0) is 37.6 Å². The molecule has 0 heterocycles. The highest BCUT2D eigenvalue weighted by Gasteiger charge is 2.08. The molecule has 1 N–H and O–H groups in total. The van der Waals surface area contributed by atoms with E-state index in [0.717, 1.165) is 34.4 Å². The fourth-order valence-electron chi connectivity index (χ4n) is 1.47. The van der Waals surface area contributed by atoms with Crippen LogP contribution in [0.5, 0.6) is 0 Å². The Bertz CT molecular complexity index is 384. The monoisotopic (exact) mass is 299 g/mol. The van der Waals surface area contributed by atoms with Crippen LogP contribution < -0.4 is 5.32 Å². The van der Waals surface area contributed by atoms with Gasteiger partial charge in [-0.1, -0.05) is 33.6 Å². The molecule has 0 aliphatic carbocycles. The van der Waals surface area contributed by atoms with E-state index in [1.807, 2.05) is 18.2 Å². The van der Waals surface area contributed by atoms with Gasteiger partial charge in [-0.25, -0.2) is 0 Å². The van der Waals surface area contributed by atoms with Crippen molar-refractivity contribution in [1.29, 1.82) is 0 Å². The van der Waals surface area contributed by atoms with Gasteiger partial charge in [0.15, 0.2) is 0 Å². The van der Waals surface area contributed by atoms with Gasteiger partial charge in [0.2, 0.25) is 0 Å². The lowest BCUT2D eigenvalue weighted by atomic mass is 10.1. The van der Waals surface area contributed by atoms with Crippen LogP contribution >= 0.6 is 27.5 Å². The minimum Gasteiger partial charge on any atom is -0.310 e. The van der Waals surface area contributed by atoms with Crippen LogP contribution in [0.4, 0.5) is 0 Å². The van der Waals surface area contributed by atoms with Gasteiger partial charge in [0.05, 0.1) is 0 Å². The Kier molecular flexibility index (Phi) is 5.90. The van der Waals surface area contributed by atoms with Gasteiger partial charge < -0.3 is 5.32 Å². The summed E-state index contributed by atoms with van der Waals surface area (Å²) in [7, 11) is 0. The van der Waals surface area contributed by atoms with Crippen molar-refractivity contribution < 1.29 is 0 Å². The number of hydrogen-bond donors (Lipinski definition) is 1. The average molecular weight is 301 g/mol. The first-order valence-electron chi connectivity index (χ1n) is 5.27. The van der Waals surface area contributed by atoms with E-state index < -0.39 is 0 Å². The zero-order chi connectivity index (χ0) is 12.0. The highest BCUT2D eigenvalue weighted by atomic mass is 79.9. The Labute approximate surface area is 111 Å². The van der Waals surface area contributed by atoms with Crippen LogP contribution in [0.3, 0.4) is 0 Å². The number of unbranched alkanes of at least 4 members (excludes halogenated alkanes) is 1. The first-order chi connectivity index (χ1) is 7.65. The van der Waals surface area contributed by atoms with Gasteiger partial charge in [-0.15, -0.1) is 12.3 Å². The van der Waals surface area contributed by atoms with Gasteiger partial charge in [-0.2, -0.15) is 0 Å². The summed E-state index contributed by atoms with van der Waals surface area (Å²) in [5.41, 5.74) is 1.12. The van der Waals surface area contributed by atoms with Crippen LogP contribution in [0.1, 0.15) is 31.4 Å². The number of hydrogen-bond acceptors (Lipinski definition) is 1. The third-order valence-electron chi connectivity index (χ3n) is 2.38. The van der Waals surface area contributed by atoms with Gasteiger partial charge in [0.1, 0.15) is 0 Å². The molecule has 1 unspecified atom stereocenters. The Morgan fingerprint density at radius 2 is 2.31 bits per heavy atom. The van der Waals surface area contributed by atoms with E-state index in [9.17, 15) is 0 Å². The Morgan fingerprint density at radius 1 is 1.56 bits per heavy atom. The minimum atomic E-state index is 0.248. The summed E-state index contributed by atoms with van der Waals surface area (Å²) in [4.78, 5) is 0. The van der Waals surface area contributed by atoms with E-state index in [1.54, 1.807) is 0 Å². The molecule has 0 aromatic heterocycles. The number of terminal acetylenes is 1. The molecule has 1 nitrogen and oxygen atoms in total. The summed E-state index contributed by atoms with van der Waals surface area (Å²) in [6.07, 6.45) is 7.00. The third-order valence-corrected chi connectivity index (χ3v) is 3.20. The largest absolute Gasteiger partial charge is 0.310 e. The summed E-state index contributed by atoms with van der Waals surface area (Å²) in [5.74, 6) is 2.63. The molecule has 0 bridgehead atoms. The molecule has 0 aliphatic rings. The van der Waals surface area contributed by atoms with Crippen molar-refractivity contribution in [3.05, 3.63) is 33.3 Å². The summed E-state index contributed by atoms with van der Waals surface area (Å²) in [6, 6.07) is 6.20. The van der Waals surface area contributed by atoms with Gasteiger partial charge in [0, 0.05) is 22.0 Å². The first kappa shape index (κ1) is 13.6. The van der Waals surface area contributed by atoms with Crippen molar-refractivity contribution in [1.82, 2.24) is 5.32 Å². The van der Waals surface area contributed by atoms with Crippen LogP contribution in [0.2, 0.25) is 5.02 Å². The molecule has 0 amide bonds. The zero-order valence-corrected chi connectivity index (χ0v) is 11.6. The Balaban J connectivity index is 2.53. The molecule has 0 saturated heterocycles. The highest BCUT2D eigenvalue weighted by Crippen LogP contribution is 2.26. The molecule has 86 valence electrons. The topological polar surface area (TPSA) is 12.0 Å². The van der Waals surface area contributed by atoms with E-state index in [-0.39, 0.29) is 6.04 Å². The first-order valence-corrected chi connectivity index (χ1v) is 6.44. The van der Waals surface area contributed by atoms with Crippen LogP contribution in [-0.2, 0) is 0 Å². The second-order valence-electron chi connectivity index (χ2n) is 3.65. The lowest BCUT2D eigenvalue weighted by Gasteiger charge is -2.15. The molecule has 0 aliphatic heterocycles. The summed E-state index contributed by atoms with van der Waals surface area (Å²) in [5, 5.41) is 4.18. The maximum atomic E-state index is 6.16. The van der Waals surface area contributed by atoms with Crippen molar-refractivity contribution in [2.75, 3.05) is 6.54 Å². The van der Waals surface area contributed by atoms with Gasteiger partial charge in [0.25, 0.3) is 0 Å². The normalized spacial score (nSPS) is 12.1. The second kappa shape index (κ2) is 6.96. The lowest BCUT2D eigenvalue weighted by molar-refractivity contribution is 0.563. The van der Waals surface area contributed by atoms with Crippen molar-refractivity contribution in [2.24, 2.45) is 0 Å². The fraction of sp³-hybridized carbons (Fsp3) is 0.385. The Hall–Kier alpha value is -0.490. The molecule has 1 aromatic rings. The molecule has 0 spiro atoms. The van der Waals surface area contributed by atoms with Crippen LogP contribution in [-0.4, -0.2) is 6.54 Å². The SMILES string of the molecule is C#CCCCNC(C)c1ccc(Br)cc1Cl. The standard InChI is InChI=1S/C13H15BrClN/c1-3-4-5-8-16-10(2)12-7-6-11(14)9-13(12)15/h1,6-7,9-10,16H,4-5,8H2,2H3. The van der Waals surface area contributed by atoms with Gasteiger partial charge >= 0.3 is 0 Å². The van der Waals surface area contributed by atoms with E-state index in [1.165, 1.54) is 0 Å². The van der Waals surface area contributed by atoms with Crippen LogP contribution in [0.15, 0.2) is 22.7 Å². The quantitative estimate of drug-likeness (QED) is 0.636. The molecule has 1 rings (SSSR count). The molecule has 0 radical (unpaired) electrons. The molecule has 0 fully saturated rings. The van der Waals surface area contributed by atoms with Crippen molar-refractivity contribution in [3.8, 4) is 12.3 Å². The molecule has 3 heteroatoms. The molecule has 1 aromatic carbocycles. The van der Waals surface area contributed by atoms with Crippen LogP contribution in [0, 0.1) is 12.3 Å². The van der Waals surface area contributed by atoms with Gasteiger partial charge in [-0.3, -0.25) is 0 Å². The van der Waals surface area contributed by atoms with Crippen LogP contribution in [0.25, 0.3) is 0 Å². The van der Waals surface area contributed by atoms with Crippen molar-refractivity contribution >= 4 is 27.5 Å².